The molecular weight excluding hydrogens is 212 g/mol. The molecule has 2 aromatic rings. The number of nitrogen functional groups attached to an aromatic ring is 1. The zero-order valence-electron chi connectivity index (χ0n) is 10.3. The molecule has 0 fully saturated rings. The molecule has 3 nitrogen and oxygen atoms in total. The maximum absolute atomic E-state index is 5.88. The number of anilines is 1. The van der Waals surface area contributed by atoms with Crippen LogP contribution in [0.1, 0.15) is 20.3 Å². The van der Waals surface area contributed by atoms with Crippen molar-refractivity contribution in [3.8, 4) is 5.75 Å². The smallest absolute Gasteiger partial charge is 0.128 e. The molecule has 0 radical (unpaired) electrons. The van der Waals surface area contributed by atoms with Crippen molar-refractivity contribution in [2.24, 2.45) is 5.92 Å². The quantitative estimate of drug-likeness (QED) is 0.820. The molecule has 1 aromatic heterocycles. The first-order valence-corrected chi connectivity index (χ1v) is 5.94. The van der Waals surface area contributed by atoms with E-state index in [9.17, 15) is 0 Å². The topological polar surface area (TPSA) is 48.1 Å². The predicted octanol–water partition coefficient (Wildman–Crippen LogP) is 3.24. The second-order valence-electron chi connectivity index (χ2n) is 4.58. The summed E-state index contributed by atoms with van der Waals surface area (Å²) < 4.78 is 5.79. The van der Waals surface area contributed by atoms with Gasteiger partial charge in [-0.2, -0.15) is 0 Å². The summed E-state index contributed by atoms with van der Waals surface area (Å²) in [5.74, 6) is 1.51. The van der Waals surface area contributed by atoms with Crippen LogP contribution in [0.25, 0.3) is 10.9 Å². The van der Waals surface area contributed by atoms with Gasteiger partial charge in [-0.15, -0.1) is 0 Å². The number of nitrogens with two attached hydrogens (primary N) is 1. The highest BCUT2D eigenvalue weighted by molar-refractivity contribution is 5.93. The molecular formula is C14H18N2O. The van der Waals surface area contributed by atoms with Gasteiger partial charge in [0, 0.05) is 11.6 Å². The van der Waals surface area contributed by atoms with E-state index in [1.54, 1.807) is 6.20 Å². The van der Waals surface area contributed by atoms with Crippen molar-refractivity contribution in [1.29, 1.82) is 0 Å². The average molecular weight is 230 g/mol. The van der Waals surface area contributed by atoms with Gasteiger partial charge in [0.05, 0.1) is 17.8 Å². The normalized spacial score (nSPS) is 11.0. The molecule has 2 N–H and O–H groups in total. The third-order valence-electron chi connectivity index (χ3n) is 2.71. The molecule has 90 valence electrons. The van der Waals surface area contributed by atoms with Crippen LogP contribution >= 0.6 is 0 Å². The molecule has 2 rings (SSSR count). The van der Waals surface area contributed by atoms with E-state index in [-0.39, 0.29) is 0 Å². The molecule has 17 heavy (non-hydrogen) atoms. The van der Waals surface area contributed by atoms with Crippen LogP contribution < -0.4 is 10.5 Å². The molecule has 0 atom stereocenters. The molecule has 0 aliphatic rings. The van der Waals surface area contributed by atoms with Crippen LogP contribution in [0.4, 0.5) is 5.69 Å². The summed E-state index contributed by atoms with van der Waals surface area (Å²) in [6.07, 6.45) is 2.79. The summed E-state index contributed by atoms with van der Waals surface area (Å²) in [5.41, 5.74) is 7.39. The molecule has 0 saturated carbocycles. The van der Waals surface area contributed by atoms with Crippen molar-refractivity contribution in [2.45, 2.75) is 20.3 Å². The average Bonchev–Trinajstić information content (AvgIpc) is 2.32. The monoisotopic (exact) mass is 230 g/mol. The van der Waals surface area contributed by atoms with Crippen LogP contribution in [0.2, 0.25) is 0 Å². The highest BCUT2D eigenvalue weighted by atomic mass is 16.5. The van der Waals surface area contributed by atoms with E-state index in [1.807, 2.05) is 24.3 Å². The minimum absolute atomic E-state index is 0.646. The van der Waals surface area contributed by atoms with Crippen molar-refractivity contribution in [3.05, 3.63) is 30.5 Å². The number of nitrogens with zero attached hydrogens (tertiary/aromatic N) is 1. The Hall–Kier alpha value is -1.77. The molecule has 3 heteroatoms. The Morgan fingerprint density at radius 1 is 1.29 bits per heavy atom. The van der Waals surface area contributed by atoms with E-state index in [0.29, 0.717) is 11.6 Å². The summed E-state index contributed by atoms with van der Waals surface area (Å²) >= 11 is 0. The highest BCUT2D eigenvalue weighted by Gasteiger charge is 2.05. The molecule has 0 spiro atoms. The van der Waals surface area contributed by atoms with Gasteiger partial charge in [-0.25, -0.2) is 0 Å². The fraction of sp³-hybridized carbons (Fsp3) is 0.357. The number of ether oxygens (including phenoxy) is 1. The Bertz CT molecular complexity index is 509. The molecule has 0 unspecified atom stereocenters. The third-order valence-corrected chi connectivity index (χ3v) is 2.71. The lowest BCUT2D eigenvalue weighted by atomic mass is 10.1. The third kappa shape index (κ3) is 2.67. The van der Waals surface area contributed by atoms with Gasteiger partial charge in [0.25, 0.3) is 0 Å². The number of aromatic nitrogens is 1. The lowest BCUT2D eigenvalue weighted by Gasteiger charge is -2.11. The van der Waals surface area contributed by atoms with Crippen molar-refractivity contribution >= 4 is 16.6 Å². The SMILES string of the molecule is CC(C)CCOc1ccc(N)c2ncccc12. The maximum atomic E-state index is 5.88. The summed E-state index contributed by atoms with van der Waals surface area (Å²) in [4.78, 5) is 4.28. The Balaban J connectivity index is 2.26. The van der Waals surface area contributed by atoms with Gasteiger partial charge in [-0.1, -0.05) is 13.8 Å². The van der Waals surface area contributed by atoms with E-state index >= 15 is 0 Å². The molecule has 0 bridgehead atoms. The Kier molecular flexibility index (Phi) is 3.47. The first-order valence-electron chi connectivity index (χ1n) is 5.94. The first kappa shape index (κ1) is 11.7. The Labute approximate surface area is 102 Å². The van der Waals surface area contributed by atoms with Crippen LogP contribution in [0.5, 0.6) is 5.75 Å². The van der Waals surface area contributed by atoms with Gasteiger partial charge in [-0.05, 0) is 36.6 Å². The minimum atomic E-state index is 0.646. The fourth-order valence-electron chi connectivity index (χ4n) is 1.70. The standard InChI is InChI=1S/C14H18N2O/c1-10(2)7-9-17-13-6-5-12(15)14-11(13)4-3-8-16-14/h3-6,8,10H,7,9,15H2,1-2H3. The van der Waals surface area contributed by atoms with Crippen LogP contribution in [0.3, 0.4) is 0 Å². The second kappa shape index (κ2) is 5.04. The van der Waals surface area contributed by atoms with Gasteiger partial charge < -0.3 is 10.5 Å². The van der Waals surface area contributed by atoms with E-state index in [1.165, 1.54) is 0 Å². The Morgan fingerprint density at radius 2 is 2.12 bits per heavy atom. The summed E-state index contributed by atoms with van der Waals surface area (Å²) in [7, 11) is 0. The van der Waals surface area contributed by atoms with E-state index in [4.69, 9.17) is 10.5 Å². The summed E-state index contributed by atoms with van der Waals surface area (Å²) in [5, 5.41) is 0.983. The van der Waals surface area contributed by atoms with Crippen LogP contribution in [-0.2, 0) is 0 Å². The summed E-state index contributed by atoms with van der Waals surface area (Å²) in [6, 6.07) is 7.65. The van der Waals surface area contributed by atoms with Crippen LogP contribution in [0.15, 0.2) is 30.5 Å². The molecule has 1 aromatic carbocycles. The second-order valence-corrected chi connectivity index (χ2v) is 4.58. The van der Waals surface area contributed by atoms with Crippen molar-refractivity contribution in [3.63, 3.8) is 0 Å². The molecule has 0 aliphatic heterocycles. The minimum Gasteiger partial charge on any atom is -0.493 e. The Morgan fingerprint density at radius 3 is 2.88 bits per heavy atom. The number of hydrogen-bond donors (Lipinski definition) is 1. The number of hydrogen-bond acceptors (Lipinski definition) is 3. The van der Waals surface area contributed by atoms with Crippen molar-refractivity contribution < 1.29 is 4.74 Å². The zero-order valence-corrected chi connectivity index (χ0v) is 10.3. The number of benzene rings is 1. The van der Waals surface area contributed by atoms with E-state index < -0.39 is 0 Å². The van der Waals surface area contributed by atoms with E-state index in [0.717, 1.165) is 29.7 Å². The first-order chi connectivity index (χ1) is 8.18. The predicted molar refractivity (Wildman–Crippen MR) is 71.1 cm³/mol. The van der Waals surface area contributed by atoms with Gasteiger partial charge in [-0.3, -0.25) is 4.98 Å². The van der Waals surface area contributed by atoms with Crippen LogP contribution in [-0.4, -0.2) is 11.6 Å². The molecule has 1 heterocycles. The highest BCUT2D eigenvalue weighted by Crippen LogP contribution is 2.28. The van der Waals surface area contributed by atoms with Crippen LogP contribution in [0, 0.1) is 5.92 Å². The van der Waals surface area contributed by atoms with Gasteiger partial charge in [0.2, 0.25) is 0 Å². The summed E-state index contributed by atoms with van der Waals surface area (Å²) in [6.45, 7) is 5.10. The van der Waals surface area contributed by atoms with Gasteiger partial charge in [0.1, 0.15) is 5.75 Å². The van der Waals surface area contributed by atoms with Crippen molar-refractivity contribution in [2.75, 3.05) is 12.3 Å². The maximum Gasteiger partial charge on any atom is 0.128 e. The number of rotatable bonds is 4. The van der Waals surface area contributed by atoms with Gasteiger partial charge in [0.15, 0.2) is 0 Å². The van der Waals surface area contributed by atoms with E-state index in [2.05, 4.69) is 18.8 Å². The lowest BCUT2D eigenvalue weighted by Crippen LogP contribution is -2.02. The number of pyridine rings is 1. The molecule has 0 amide bonds. The largest absolute Gasteiger partial charge is 0.493 e. The number of fused-ring (bicyclic) bond motifs is 1. The lowest BCUT2D eigenvalue weighted by molar-refractivity contribution is 0.292. The molecule has 0 aliphatic carbocycles. The van der Waals surface area contributed by atoms with Gasteiger partial charge >= 0.3 is 0 Å². The van der Waals surface area contributed by atoms with Crippen molar-refractivity contribution in [1.82, 2.24) is 4.98 Å². The fourth-order valence-corrected chi connectivity index (χ4v) is 1.70. The zero-order chi connectivity index (χ0) is 12.3. The molecule has 0 saturated heterocycles.